The van der Waals surface area contributed by atoms with E-state index in [0.29, 0.717) is 54.6 Å². The highest BCUT2D eigenvalue weighted by Crippen LogP contribution is 2.45. The third-order valence-corrected chi connectivity index (χ3v) is 6.46. The maximum atomic E-state index is 13.4. The molecule has 1 spiro atoms. The smallest absolute Gasteiger partial charge is 0.422 e. The summed E-state index contributed by atoms with van der Waals surface area (Å²) in [7, 11) is 1.65. The average molecular weight is 484 g/mol. The molecule has 1 N–H and O–H groups in total. The summed E-state index contributed by atoms with van der Waals surface area (Å²) >= 11 is 0. The van der Waals surface area contributed by atoms with Crippen molar-refractivity contribution in [1.82, 2.24) is 5.32 Å². The number of nitrogens with one attached hydrogen (secondary N) is 1. The van der Waals surface area contributed by atoms with Crippen molar-refractivity contribution in [1.29, 1.82) is 0 Å². The maximum Gasteiger partial charge on any atom is 0.422 e. The Morgan fingerprint density at radius 1 is 1.24 bits per heavy atom. The zero-order chi connectivity index (χ0) is 25.3. The van der Waals surface area contributed by atoms with E-state index in [1.54, 1.807) is 27.9 Å². The number of esters is 1. The first kappa shape index (κ1) is 26.1. The molecule has 3 rings (SSSR count). The van der Waals surface area contributed by atoms with Crippen molar-refractivity contribution in [2.75, 3.05) is 13.7 Å². The zero-order valence-electron chi connectivity index (χ0n) is 20.2. The van der Waals surface area contributed by atoms with Crippen LogP contribution in [0.3, 0.4) is 0 Å². The summed E-state index contributed by atoms with van der Waals surface area (Å²) in [5, 5.41) is 3.07. The van der Waals surface area contributed by atoms with Crippen LogP contribution in [0.25, 0.3) is 5.57 Å². The van der Waals surface area contributed by atoms with Crippen LogP contribution in [-0.2, 0) is 25.5 Å². The molecule has 188 valence electrons. The number of carbonyl (C=O) groups is 2. The number of halogens is 3. The Morgan fingerprint density at radius 2 is 1.88 bits per heavy atom. The van der Waals surface area contributed by atoms with Gasteiger partial charge >= 0.3 is 12.1 Å². The standard InChI is InChI=1S/C25H32F3NO5/c1-6-16-12-18(33-13-25(26,27)28)11-15(4)19(16)20-21(34-23(31)14(2)3)24(29-22(20)30)9-7-17(32-5)8-10-24/h11-12,14,17H,6-10,13H2,1-5H3,(H,29,30). The highest BCUT2D eigenvalue weighted by Gasteiger charge is 2.50. The molecular formula is C25H32F3NO5. The topological polar surface area (TPSA) is 73.9 Å². The Hall–Kier alpha value is -2.55. The Bertz CT molecular complexity index is 975. The molecule has 1 heterocycles. The van der Waals surface area contributed by atoms with Gasteiger partial charge in [0.05, 0.1) is 23.1 Å². The molecule has 0 atom stereocenters. The molecule has 34 heavy (non-hydrogen) atoms. The van der Waals surface area contributed by atoms with Crippen LogP contribution in [0.4, 0.5) is 13.2 Å². The van der Waals surface area contributed by atoms with E-state index in [-0.39, 0.29) is 23.3 Å². The predicted molar refractivity (Wildman–Crippen MR) is 120 cm³/mol. The minimum absolute atomic E-state index is 0.0617. The van der Waals surface area contributed by atoms with Gasteiger partial charge in [0, 0.05) is 7.11 Å². The fourth-order valence-electron chi connectivity index (χ4n) is 4.65. The molecule has 0 saturated heterocycles. The molecule has 0 unspecified atom stereocenters. The highest BCUT2D eigenvalue weighted by molar-refractivity contribution is 6.24. The van der Waals surface area contributed by atoms with Crippen molar-refractivity contribution >= 4 is 17.4 Å². The molecule has 1 amide bonds. The van der Waals surface area contributed by atoms with Gasteiger partial charge in [-0.25, -0.2) is 0 Å². The Balaban J connectivity index is 2.11. The third-order valence-electron chi connectivity index (χ3n) is 6.46. The molecule has 6 nitrogen and oxygen atoms in total. The van der Waals surface area contributed by atoms with E-state index >= 15 is 0 Å². The summed E-state index contributed by atoms with van der Waals surface area (Å²) < 4.78 is 54.3. The first-order valence-electron chi connectivity index (χ1n) is 11.6. The van der Waals surface area contributed by atoms with Gasteiger partial charge in [-0.05, 0) is 67.9 Å². The fraction of sp³-hybridized carbons (Fsp3) is 0.600. The molecule has 2 aliphatic rings. The zero-order valence-corrected chi connectivity index (χ0v) is 20.2. The van der Waals surface area contributed by atoms with Crippen molar-refractivity contribution in [3.8, 4) is 5.75 Å². The highest BCUT2D eigenvalue weighted by atomic mass is 19.4. The molecule has 0 bridgehead atoms. The van der Waals surface area contributed by atoms with Gasteiger partial charge in [-0.15, -0.1) is 0 Å². The molecule has 0 aromatic heterocycles. The van der Waals surface area contributed by atoms with E-state index in [9.17, 15) is 22.8 Å². The number of hydrogen-bond donors (Lipinski definition) is 1. The molecule has 1 saturated carbocycles. The average Bonchev–Trinajstić information content (AvgIpc) is 3.02. The SMILES string of the molecule is CCc1cc(OCC(F)(F)F)cc(C)c1C1=C(OC(=O)C(C)C)C2(CCC(OC)CC2)NC1=O. The Morgan fingerprint density at radius 3 is 2.41 bits per heavy atom. The summed E-state index contributed by atoms with van der Waals surface area (Å²) in [5.41, 5.74) is 1.22. The molecule has 1 aliphatic heterocycles. The summed E-state index contributed by atoms with van der Waals surface area (Å²) in [5.74, 6) is -0.832. The summed E-state index contributed by atoms with van der Waals surface area (Å²) in [6.45, 7) is 5.59. The largest absolute Gasteiger partial charge is 0.484 e. The predicted octanol–water partition coefficient (Wildman–Crippen LogP) is 4.87. The van der Waals surface area contributed by atoms with Crippen LogP contribution >= 0.6 is 0 Å². The summed E-state index contributed by atoms with van der Waals surface area (Å²) in [4.78, 5) is 26.0. The number of rotatable bonds is 7. The first-order valence-corrected chi connectivity index (χ1v) is 11.6. The fourth-order valence-corrected chi connectivity index (χ4v) is 4.65. The number of hydrogen-bond acceptors (Lipinski definition) is 5. The van der Waals surface area contributed by atoms with Crippen molar-refractivity contribution in [3.63, 3.8) is 0 Å². The van der Waals surface area contributed by atoms with Crippen molar-refractivity contribution in [2.24, 2.45) is 5.92 Å². The van der Waals surface area contributed by atoms with Crippen LogP contribution in [0.15, 0.2) is 17.9 Å². The third kappa shape index (κ3) is 5.40. The van der Waals surface area contributed by atoms with Crippen molar-refractivity contribution in [2.45, 2.75) is 77.6 Å². The second-order valence-electron chi connectivity index (χ2n) is 9.28. The number of ether oxygens (including phenoxy) is 3. The number of carbonyl (C=O) groups excluding carboxylic acids is 2. The molecule has 0 radical (unpaired) electrons. The molecule has 1 aliphatic carbocycles. The number of alkyl halides is 3. The first-order chi connectivity index (χ1) is 15.9. The Kier molecular flexibility index (Phi) is 7.65. The van der Waals surface area contributed by atoms with Gasteiger partial charge in [0.2, 0.25) is 0 Å². The number of methoxy groups -OCH3 is 1. The van der Waals surface area contributed by atoms with E-state index < -0.39 is 30.2 Å². The number of amides is 1. The van der Waals surface area contributed by atoms with Gasteiger partial charge in [-0.2, -0.15) is 13.2 Å². The van der Waals surface area contributed by atoms with E-state index in [0.717, 1.165) is 0 Å². The van der Waals surface area contributed by atoms with Gasteiger partial charge in [-0.1, -0.05) is 20.8 Å². The van der Waals surface area contributed by atoms with Gasteiger partial charge in [0.1, 0.15) is 11.5 Å². The van der Waals surface area contributed by atoms with E-state index in [2.05, 4.69) is 5.32 Å². The van der Waals surface area contributed by atoms with E-state index in [1.165, 1.54) is 12.1 Å². The minimum atomic E-state index is -4.46. The molecule has 9 heteroatoms. The number of aryl methyl sites for hydroxylation is 2. The second-order valence-corrected chi connectivity index (χ2v) is 9.28. The van der Waals surface area contributed by atoms with Crippen LogP contribution in [0.5, 0.6) is 5.75 Å². The lowest BCUT2D eigenvalue weighted by molar-refractivity contribution is -0.153. The van der Waals surface area contributed by atoms with Crippen LogP contribution in [0.1, 0.15) is 63.1 Å². The molecule has 1 aromatic rings. The lowest BCUT2D eigenvalue weighted by atomic mass is 9.78. The van der Waals surface area contributed by atoms with E-state index in [1.807, 2.05) is 6.92 Å². The lowest BCUT2D eigenvalue weighted by Gasteiger charge is -2.38. The van der Waals surface area contributed by atoms with Gasteiger partial charge in [-0.3, -0.25) is 9.59 Å². The van der Waals surface area contributed by atoms with Crippen LogP contribution in [0.2, 0.25) is 0 Å². The monoisotopic (exact) mass is 483 g/mol. The number of benzene rings is 1. The van der Waals surface area contributed by atoms with Crippen LogP contribution in [-0.4, -0.2) is 43.4 Å². The van der Waals surface area contributed by atoms with Gasteiger partial charge in [0.15, 0.2) is 6.61 Å². The van der Waals surface area contributed by atoms with Gasteiger partial charge < -0.3 is 19.5 Å². The minimum Gasteiger partial charge on any atom is -0.484 e. The quantitative estimate of drug-likeness (QED) is 0.561. The van der Waals surface area contributed by atoms with Gasteiger partial charge in [0.25, 0.3) is 5.91 Å². The van der Waals surface area contributed by atoms with Crippen molar-refractivity contribution in [3.05, 3.63) is 34.6 Å². The molecule has 1 aromatic carbocycles. The van der Waals surface area contributed by atoms with Crippen LogP contribution < -0.4 is 10.1 Å². The normalized spacial score (nSPS) is 23.0. The maximum absolute atomic E-state index is 13.4. The molecule has 1 fully saturated rings. The summed E-state index contributed by atoms with van der Waals surface area (Å²) in [6.07, 6.45) is -1.47. The van der Waals surface area contributed by atoms with Crippen molar-refractivity contribution < 1.29 is 37.0 Å². The lowest BCUT2D eigenvalue weighted by Crippen LogP contribution is -2.49. The van der Waals surface area contributed by atoms with Crippen LogP contribution in [0, 0.1) is 12.8 Å². The molecular weight excluding hydrogens is 451 g/mol. The Labute approximate surface area is 197 Å². The second kappa shape index (κ2) is 9.98. The van der Waals surface area contributed by atoms with E-state index in [4.69, 9.17) is 14.2 Å². The summed E-state index contributed by atoms with van der Waals surface area (Å²) in [6, 6.07) is 3.00.